The third-order valence-corrected chi connectivity index (χ3v) is 1.08. The zero-order valence-electron chi connectivity index (χ0n) is 8.28. The van der Waals surface area contributed by atoms with Gasteiger partial charge in [0.05, 0.1) is 6.61 Å². The van der Waals surface area contributed by atoms with Crippen molar-refractivity contribution in [2.75, 3.05) is 13.2 Å². The van der Waals surface area contributed by atoms with Gasteiger partial charge in [0.1, 0.15) is 0 Å². The van der Waals surface area contributed by atoms with Crippen LogP contribution in [0.15, 0.2) is 0 Å². The summed E-state index contributed by atoms with van der Waals surface area (Å²) in [7, 11) is 0. The van der Waals surface area contributed by atoms with Crippen molar-refractivity contribution in [3.8, 4) is 0 Å². The first-order valence-corrected chi connectivity index (χ1v) is 4.38. The van der Waals surface area contributed by atoms with E-state index < -0.39 is 12.3 Å². The molecule has 82 valence electrons. The quantitative estimate of drug-likeness (QED) is 0.224. The Kier molecular flexibility index (Phi) is 7.30. The molecule has 0 atom stereocenters. The molecule has 0 aromatic heterocycles. The summed E-state index contributed by atoms with van der Waals surface area (Å²) < 4.78 is 16.9. The topological polar surface area (TPSA) is 79.1 Å². The van der Waals surface area contributed by atoms with Gasteiger partial charge in [-0.25, -0.2) is 4.74 Å². The SMILES string of the molecule is CCCOC(=O)OC(OCCC)=[O+][O-]. The fourth-order valence-electron chi connectivity index (χ4n) is 0.539. The minimum atomic E-state index is -1.01. The van der Waals surface area contributed by atoms with Gasteiger partial charge < -0.3 is 14.7 Å². The summed E-state index contributed by atoms with van der Waals surface area (Å²) in [5, 5.41) is 9.95. The van der Waals surface area contributed by atoms with E-state index in [-0.39, 0.29) is 13.2 Å². The Balaban J connectivity index is 3.75. The van der Waals surface area contributed by atoms with Crippen LogP contribution in [0.3, 0.4) is 0 Å². The van der Waals surface area contributed by atoms with E-state index in [4.69, 9.17) is 0 Å². The number of carbonyl (C=O) groups excluding carboxylic acids is 2. The standard InChI is InChI=1S/C8H14O6/c1-3-5-11-7(9)13-8(14-10)12-6-4-2/h3-6H2,1-2H3. The Bertz CT molecular complexity index is 188. The molecule has 0 spiro atoms. The van der Waals surface area contributed by atoms with Crippen molar-refractivity contribution in [1.82, 2.24) is 0 Å². The van der Waals surface area contributed by atoms with E-state index in [1.807, 2.05) is 13.8 Å². The lowest BCUT2D eigenvalue weighted by Crippen LogP contribution is -2.18. The van der Waals surface area contributed by atoms with Gasteiger partial charge in [-0.2, -0.15) is 4.79 Å². The molecule has 0 saturated heterocycles. The molecule has 0 heterocycles. The molecule has 0 amide bonds. The fraction of sp³-hybridized carbons (Fsp3) is 0.750. The van der Waals surface area contributed by atoms with Crippen LogP contribution in [0, 0.1) is 0 Å². The first-order valence-electron chi connectivity index (χ1n) is 4.38. The molecule has 0 aliphatic carbocycles. The molecule has 0 aliphatic rings. The Morgan fingerprint density at radius 3 is 2.29 bits per heavy atom. The molecular weight excluding hydrogens is 192 g/mol. The zero-order chi connectivity index (χ0) is 10.8. The zero-order valence-corrected chi connectivity index (χ0v) is 8.28. The van der Waals surface area contributed by atoms with E-state index in [2.05, 4.69) is 18.8 Å². The molecule has 14 heavy (non-hydrogen) atoms. The highest BCUT2D eigenvalue weighted by Gasteiger charge is 2.24. The highest BCUT2D eigenvalue weighted by Crippen LogP contribution is 1.94. The predicted molar refractivity (Wildman–Crippen MR) is 44.4 cm³/mol. The molecule has 0 aliphatic heterocycles. The van der Waals surface area contributed by atoms with Crippen molar-refractivity contribution < 1.29 is 28.8 Å². The van der Waals surface area contributed by atoms with Crippen LogP contribution in [0.5, 0.6) is 0 Å². The molecule has 0 rings (SSSR count). The van der Waals surface area contributed by atoms with Gasteiger partial charge in [-0.15, -0.1) is 0 Å². The monoisotopic (exact) mass is 206 g/mol. The van der Waals surface area contributed by atoms with Gasteiger partial charge in [0.25, 0.3) is 0 Å². The average molecular weight is 206 g/mol. The van der Waals surface area contributed by atoms with E-state index in [0.29, 0.717) is 12.8 Å². The molecule has 0 bridgehead atoms. The maximum absolute atomic E-state index is 10.8. The van der Waals surface area contributed by atoms with Crippen LogP contribution in [-0.4, -0.2) is 25.5 Å². The number of hydrogen-bond donors (Lipinski definition) is 0. The molecule has 6 nitrogen and oxygen atoms in total. The third-order valence-electron chi connectivity index (χ3n) is 1.08. The van der Waals surface area contributed by atoms with Crippen LogP contribution >= 0.6 is 0 Å². The van der Waals surface area contributed by atoms with Gasteiger partial charge in [0.2, 0.25) is 0 Å². The van der Waals surface area contributed by atoms with Crippen molar-refractivity contribution in [2.24, 2.45) is 0 Å². The Morgan fingerprint density at radius 2 is 1.79 bits per heavy atom. The van der Waals surface area contributed by atoms with Crippen LogP contribution in [0.1, 0.15) is 26.7 Å². The Labute approximate surface area is 82.0 Å². The number of rotatable bonds is 4. The van der Waals surface area contributed by atoms with Gasteiger partial charge in [0, 0.05) is 0 Å². The van der Waals surface area contributed by atoms with Crippen molar-refractivity contribution in [3.05, 3.63) is 0 Å². The highest BCUT2D eigenvalue weighted by molar-refractivity contribution is 5.76. The smallest absolute Gasteiger partial charge is 0.628 e. The van der Waals surface area contributed by atoms with Crippen molar-refractivity contribution in [2.45, 2.75) is 26.7 Å². The van der Waals surface area contributed by atoms with E-state index >= 15 is 0 Å². The predicted octanol–water partition coefficient (Wildman–Crippen LogP) is 0.907. The molecule has 0 N–H and O–H groups in total. The highest BCUT2D eigenvalue weighted by atomic mass is 17.1. The van der Waals surface area contributed by atoms with E-state index in [9.17, 15) is 10.1 Å². The fourth-order valence-corrected chi connectivity index (χ4v) is 0.539. The molecule has 0 aromatic carbocycles. The van der Waals surface area contributed by atoms with Crippen LogP contribution in [0.4, 0.5) is 9.37 Å². The summed E-state index contributed by atoms with van der Waals surface area (Å²) in [6.07, 6.45) is -0.402. The lowest BCUT2D eigenvalue weighted by Gasteiger charge is -1.98. The molecule has 0 unspecified atom stereocenters. The van der Waals surface area contributed by atoms with Crippen LogP contribution in [0.25, 0.3) is 0 Å². The van der Waals surface area contributed by atoms with Gasteiger partial charge in [-0.1, -0.05) is 13.8 Å². The molecule has 0 fully saturated rings. The molecule has 0 radical (unpaired) electrons. The van der Waals surface area contributed by atoms with Gasteiger partial charge in [0.15, 0.2) is 6.61 Å². The minimum Gasteiger partial charge on any atom is -0.628 e. The van der Waals surface area contributed by atoms with Crippen molar-refractivity contribution in [3.63, 3.8) is 0 Å². The summed E-state index contributed by atoms with van der Waals surface area (Å²) in [6.45, 7) is 4.12. The lowest BCUT2D eigenvalue weighted by molar-refractivity contribution is -0.869. The molecular formula is C8H14O6. The normalized spacial score (nSPS) is 10.9. The molecule has 6 heteroatoms. The van der Waals surface area contributed by atoms with Gasteiger partial charge >= 0.3 is 12.3 Å². The maximum Gasteiger partial charge on any atom is 0.735 e. The second kappa shape index (κ2) is 8.15. The first kappa shape index (κ1) is 12.5. The van der Waals surface area contributed by atoms with Gasteiger partial charge in [-0.3, -0.25) is 4.58 Å². The summed E-state index contributed by atoms with van der Waals surface area (Å²) >= 11 is 0. The number of hydrogen-bond acceptors (Lipinski definition) is 5. The minimum absolute atomic E-state index is 0.221. The van der Waals surface area contributed by atoms with Crippen LogP contribution < -0.4 is 5.26 Å². The second-order valence-corrected chi connectivity index (χ2v) is 2.38. The summed E-state index contributed by atoms with van der Waals surface area (Å²) in [5.41, 5.74) is 0. The van der Waals surface area contributed by atoms with Crippen LogP contribution in [0.2, 0.25) is 0 Å². The van der Waals surface area contributed by atoms with Crippen molar-refractivity contribution in [1.29, 1.82) is 0 Å². The summed E-state index contributed by atoms with van der Waals surface area (Å²) in [6, 6.07) is 0. The number of carbonyl (C=O) groups is 1. The third kappa shape index (κ3) is 6.10. The molecule has 0 aromatic rings. The average Bonchev–Trinajstić information content (AvgIpc) is 2.21. The largest absolute Gasteiger partial charge is 0.735 e. The van der Waals surface area contributed by atoms with Crippen molar-refractivity contribution >= 4 is 12.3 Å². The maximum atomic E-state index is 10.8. The Hall–Kier alpha value is -1.46. The summed E-state index contributed by atoms with van der Waals surface area (Å²) in [5.74, 6) is 0. The number of ether oxygens (including phenoxy) is 3. The molecule has 0 saturated carbocycles. The first-order chi connectivity index (χ1) is 6.74. The van der Waals surface area contributed by atoms with E-state index in [1.54, 1.807) is 0 Å². The lowest BCUT2D eigenvalue weighted by atomic mass is 10.5. The van der Waals surface area contributed by atoms with Gasteiger partial charge in [-0.05, 0) is 12.8 Å². The van der Waals surface area contributed by atoms with E-state index in [0.717, 1.165) is 0 Å². The second-order valence-electron chi connectivity index (χ2n) is 2.38. The van der Waals surface area contributed by atoms with Crippen LogP contribution in [-0.2, 0) is 14.2 Å². The van der Waals surface area contributed by atoms with E-state index in [1.165, 1.54) is 0 Å². The Morgan fingerprint density at radius 1 is 1.21 bits per heavy atom. The summed E-state index contributed by atoms with van der Waals surface area (Å²) in [4.78, 5) is 10.8.